The van der Waals surface area contributed by atoms with E-state index in [1.165, 1.54) is 98.8 Å². The second-order valence-corrected chi connectivity index (χ2v) is 22.4. The van der Waals surface area contributed by atoms with Crippen molar-refractivity contribution in [2.45, 2.75) is 204 Å². The molecular formula is C50H83N3O9. The molecule has 5 fully saturated rings. The summed E-state index contributed by atoms with van der Waals surface area (Å²) in [4.78, 5) is 74.6. The van der Waals surface area contributed by atoms with Gasteiger partial charge in [0.15, 0.2) is 12.2 Å². The van der Waals surface area contributed by atoms with E-state index in [9.17, 15) is 28.8 Å². The predicted molar refractivity (Wildman–Crippen MR) is 238 cm³/mol. The fourth-order valence-electron chi connectivity index (χ4n) is 15.6. The molecule has 0 bridgehead atoms. The van der Waals surface area contributed by atoms with Crippen LogP contribution < -0.4 is 16.0 Å². The molecule has 0 saturated heterocycles. The van der Waals surface area contributed by atoms with Gasteiger partial charge in [0.2, 0.25) is 17.7 Å². The van der Waals surface area contributed by atoms with Crippen molar-refractivity contribution in [1.82, 2.24) is 16.0 Å². The highest BCUT2D eigenvalue weighted by Gasteiger charge is 2.70. The Bertz CT molecular complexity index is 1670. The molecule has 0 heterocycles. The van der Waals surface area contributed by atoms with Crippen LogP contribution in [0.15, 0.2) is 0 Å². The summed E-state index contributed by atoms with van der Waals surface area (Å²) in [6, 6.07) is -0.924. The maximum atomic E-state index is 13.4. The Kier molecular flexibility index (Phi) is 15.7. The van der Waals surface area contributed by atoms with Crippen molar-refractivity contribution in [2.24, 2.45) is 62.6 Å². The summed E-state index contributed by atoms with van der Waals surface area (Å²) in [7, 11) is 0. The Morgan fingerprint density at radius 1 is 0.597 bits per heavy atom. The van der Waals surface area contributed by atoms with Gasteiger partial charge in [0.25, 0.3) is 0 Å². The van der Waals surface area contributed by atoms with E-state index in [4.69, 9.17) is 14.2 Å². The van der Waals surface area contributed by atoms with Crippen LogP contribution in [0, 0.1) is 62.6 Å². The van der Waals surface area contributed by atoms with Crippen molar-refractivity contribution in [1.29, 1.82) is 0 Å². The molecule has 4 unspecified atom stereocenters. The van der Waals surface area contributed by atoms with E-state index in [1.807, 2.05) is 0 Å². The Hall–Kier alpha value is -3.18. The van der Waals surface area contributed by atoms with Gasteiger partial charge in [0, 0.05) is 41.2 Å². The van der Waals surface area contributed by atoms with Crippen LogP contribution in [0.4, 0.5) is 0 Å². The first kappa shape index (κ1) is 49.8. The highest BCUT2D eigenvalue weighted by molar-refractivity contribution is 5.86. The summed E-state index contributed by atoms with van der Waals surface area (Å²) < 4.78 is 17.4. The highest BCUT2D eigenvalue weighted by Crippen LogP contribution is 2.78. The second-order valence-electron chi connectivity index (χ2n) is 22.4. The first-order valence-electron chi connectivity index (χ1n) is 24.2. The second kappa shape index (κ2) is 19.5. The molecule has 12 heteroatoms. The standard InChI is InChI=1S/C50H83N3O9/c1-30(36-20-25-47(9)37(36)21-26-49(11)42(47)18-19-43-48(10)24-14-23-46(7,8)41(48)22-27-50(43,49)12)16-17-39(60-33(4)56)44(62-35(6)58)40(61-34(5)57)29-52-45(59)38(53-32(3)55)15-13-28-51-31(2)54/h30,36-44H,13-29H2,1-12H3,(H,51,54)(H,52,59)(H,53,55)/t30?,36-,37+,38+,39?,40?,41+,42-,43-,44?,47+,48+,49-,50-/m1/s1. The van der Waals surface area contributed by atoms with Gasteiger partial charge in [-0.2, -0.15) is 0 Å². The molecule has 0 aliphatic heterocycles. The van der Waals surface area contributed by atoms with Gasteiger partial charge in [0.05, 0.1) is 6.54 Å². The minimum Gasteiger partial charge on any atom is -0.458 e. The summed E-state index contributed by atoms with van der Waals surface area (Å²) in [5.74, 6) is 0.683. The monoisotopic (exact) mass is 870 g/mol. The van der Waals surface area contributed by atoms with Crippen LogP contribution in [-0.2, 0) is 43.0 Å². The maximum absolute atomic E-state index is 13.4. The topological polar surface area (TPSA) is 166 Å². The molecule has 0 spiro atoms. The number of hydrogen-bond donors (Lipinski definition) is 3. The van der Waals surface area contributed by atoms with Crippen molar-refractivity contribution in [3.8, 4) is 0 Å². The van der Waals surface area contributed by atoms with Crippen LogP contribution in [0.3, 0.4) is 0 Å². The smallest absolute Gasteiger partial charge is 0.303 e. The average Bonchev–Trinajstić information content (AvgIpc) is 3.51. The van der Waals surface area contributed by atoms with Gasteiger partial charge >= 0.3 is 17.9 Å². The number of hydrogen-bond acceptors (Lipinski definition) is 9. The number of carbonyl (C=O) groups is 6. The van der Waals surface area contributed by atoms with Crippen molar-refractivity contribution >= 4 is 35.6 Å². The van der Waals surface area contributed by atoms with Crippen molar-refractivity contribution in [3.63, 3.8) is 0 Å². The van der Waals surface area contributed by atoms with E-state index in [2.05, 4.69) is 64.4 Å². The molecule has 3 amide bonds. The predicted octanol–water partition coefficient (Wildman–Crippen LogP) is 8.23. The van der Waals surface area contributed by atoms with Gasteiger partial charge < -0.3 is 30.2 Å². The Balaban J connectivity index is 1.30. The molecule has 0 aromatic heterocycles. The fraction of sp³-hybridized carbons (Fsp3) is 0.880. The maximum Gasteiger partial charge on any atom is 0.303 e. The zero-order chi connectivity index (χ0) is 46.0. The molecule has 5 aliphatic rings. The fourth-order valence-corrected chi connectivity index (χ4v) is 15.6. The van der Waals surface area contributed by atoms with Crippen molar-refractivity contribution in [2.75, 3.05) is 13.1 Å². The van der Waals surface area contributed by atoms with Gasteiger partial charge in [0.1, 0.15) is 12.1 Å². The number of carbonyl (C=O) groups excluding carboxylic acids is 6. The molecule has 0 radical (unpaired) electrons. The first-order chi connectivity index (χ1) is 28.9. The van der Waals surface area contributed by atoms with E-state index >= 15 is 0 Å². The van der Waals surface area contributed by atoms with E-state index in [0.29, 0.717) is 71.1 Å². The zero-order valence-corrected chi connectivity index (χ0v) is 40.5. The van der Waals surface area contributed by atoms with Gasteiger partial charge in [-0.25, -0.2) is 0 Å². The summed E-state index contributed by atoms with van der Waals surface area (Å²) in [5, 5.41) is 8.09. The molecule has 0 aromatic carbocycles. The van der Waals surface area contributed by atoms with E-state index in [-0.39, 0.29) is 24.3 Å². The lowest BCUT2D eigenvalue weighted by Gasteiger charge is -2.73. The summed E-state index contributed by atoms with van der Waals surface area (Å²) in [5.41, 5.74) is 1.74. The minimum absolute atomic E-state index is 0.201. The summed E-state index contributed by atoms with van der Waals surface area (Å²) in [6.45, 7) is 24.7. The number of rotatable bonds is 17. The third-order valence-electron chi connectivity index (χ3n) is 18.3. The molecule has 5 saturated carbocycles. The number of ether oxygens (including phenoxy) is 3. The van der Waals surface area contributed by atoms with Gasteiger partial charge in [-0.3, -0.25) is 28.8 Å². The molecule has 62 heavy (non-hydrogen) atoms. The van der Waals surface area contributed by atoms with E-state index in [1.54, 1.807) is 0 Å². The Morgan fingerprint density at radius 3 is 1.79 bits per heavy atom. The van der Waals surface area contributed by atoms with Crippen molar-refractivity contribution in [3.05, 3.63) is 0 Å². The van der Waals surface area contributed by atoms with Gasteiger partial charge in [-0.05, 0) is 152 Å². The molecule has 0 aromatic rings. The molecule has 3 N–H and O–H groups in total. The van der Waals surface area contributed by atoms with Crippen LogP contribution in [0.2, 0.25) is 0 Å². The number of fused-ring (bicyclic) bond motifs is 7. The minimum atomic E-state index is -1.20. The van der Waals surface area contributed by atoms with Crippen LogP contribution in [0.5, 0.6) is 0 Å². The van der Waals surface area contributed by atoms with Crippen LogP contribution in [0.25, 0.3) is 0 Å². The van der Waals surface area contributed by atoms with Gasteiger partial charge in [-0.15, -0.1) is 0 Å². The molecule has 14 atom stereocenters. The Labute approximate surface area is 373 Å². The zero-order valence-electron chi connectivity index (χ0n) is 40.5. The first-order valence-corrected chi connectivity index (χ1v) is 24.2. The largest absolute Gasteiger partial charge is 0.458 e. The van der Waals surface area contributed by atoms with Crippen molar-refractivity contribution < 1.29 is 43.0 Å². The lowest BCUT2D eigenvalue weighted by Crippen LogP contribution is -2.65. The quantitative estimate of drug-likeness (QED) is 0.0742. The third-order valence-corrected chi connectivity index (χ3v) is 18.3. The molecule has 5 rings (SSSR count). The highest BCUT2D eigenvalue weighted by atomic mass is 16.6. The van der Waals surface area contributed by atoms with Crippen LogP contribution in [-0.4, -0.2) is 73.1 Å². The summed E-state index contributed by atoms with van der Waals surface area (Å²) >= 11 is 0. The van der Waals surface area contributed by atoms with Crippen LogP contribution >= 0.6 is 0 Å². The normalized spacial score (nSPS) is 35.7. The number of amides is 3. The molecule has 5 aliphatic carbocycles. The lowest BCUT2D eigenvalue weighted by molar-refractivity contribution is -0.241. The average molecular weight is 870 g/mol. The van der Waals surface area contributed by atoms with Gasteiger partial charge in [-0.1, -0.05) is 54.9 Å². The Morgan fingerprint density at radius 2 is 1.19 bits per heavy atom. The number of nitrogens with one attached hydrogen (secondary N) is 3. The molecule has 12 nitrogen and oxygen atoms in total. The third kappa shape index (κ3) is 10.2. The molecular weight excluding hydrogens is 787 g/mol. The summed E-state index contributed by atoms with van der Waals surface area (Å²) in [6.07, 6.45) is 12.8. The number of esters is 3. The molecule has 352 valence electrons. The van der Waals surface area contributed by atoms with Crippen LogP contribution in [0.1, 0.15) is 179 Å². The lowest BCUT2D eigenvalue weighted by atomic mass is 9.32. The van der Waals surface area contributed by atoms with E-state index < -0.39 is 54.1 Å². The van der Waals surface area contributed by atoms with E-state index in [0.717, 1.165) is 18.3 Å². The SMILES string of the molecule is CC(=O)NCCC[C@H](NC(C)=O)C(=O)NCC(OC(C)=O)C(OC(C)=O)C(CCC(C)[C@H]1CC[C@]2(C)[C@H]3CC[C@@H]4[C@@]5(C)CCCC(C)(C)[C@@H]5CC[C@@]4(C)[C@]3(C)CC[C@@H]12)OC(C)=O.